The SMILES string of the molecule is COc1cc(C#N)ccc1OCC1CCCN(C(=O)c2cnc3c(c2)ncn3C2CC2)C1. The Bertz CT molecular complexity index is 1190. The first-order chi connectivity index (χ1) is 15.7. The Kier molecular flexibility index (Phi) is 5.39. The number of carbonyl (C=O) groups is 1. The lowest BCUT2D eigenvalue weighted by molar-refractivity contribution is 0.0631. The van der Waals surface area contributed by atoms with Crippen molar-refractivity contribution >= 4 is 17.1 Å². The van der Waals surface area contributed by atoms with E-state index in [1.165, 1.54) is 12.8 Å². The normalized spacial score (nSPS) is 18.4. The molecule has 1 atom stereocenters. The molecule has 3 aromatic rings. The Balaban J connectivity index is 1.24. The van der Waals surface area contributed by atoms with E-state index in [-0.39, 0.29) is 11.8 Å². The highest BCUT2D eigenvalue weighted by Gasteiger charge is 2.28. The molecule has 1 unspecified atom stereocenters. The summed E-state index contributed by atoms with van der Waals surface area (Å²) in [5.74, 6) is 1.36. The number of rotatable bonds is 6. The third-order valence-corrected chi connectivity index (χ3v) is 6.17. The number of fused-ring (bicyclic) bond motifs is 1. The van der Waals surface area contributed by atoms with Gasteiger partial charge >= 0.3 is 0 Å². The van der Waals surface area contributed by atoms with Crippen LogP contribution in [0.1, 0.15) is 47.6 Å². The van der Waals surface area contributed by atoms with Crippen LogP contribution in [0.25, 0.3) is 11.2 Å². The molecular formula is C24H25N5O3. The number of nitrogens with zero attached hydrogens (tertiary/aromatic N) is 5. The van der Waals surface area contributed by atoms with Crippen LogP contribution in [-0.2, 0) is 0 Å². The van der Waals surface area contributed by atoms with E-state index in [9.17, 15) is 4.79 Å². The average Bonchev–Trinajstić information content (AvgIpc) is 3.60. The summed E-state index contributed by atoms with van der Waals surface area (Å²) in [6, 6.07) is 9.59. The van der Waals surface area contributed by atoms with E-state index in [4.69, 9.17) is 14.7 Å². The lowest BCUT2D eigenvalue weighted by atomic mass is 9.98. The van der Waals surface area contributed by atoms with Crippen LogP contribution < -0.4 is 9.47 Å². The molecule has 32 heavy (non-hydrogen) atoms. The highest BCUT2D eigenvalue weighted by Crippen LogP contribution is 2.36. The molecule has 2 aromatic heterocycles. The van der Waals surface area contributed by atoms with Crippen molar-refractivity contribution in [1.29, 1.82) is 5.26 Å². The number of carbonyl (C=O) groups excluding carboxylic acids is 1. The molecule has 8 heteroatoms. The van der Waals surface area contributed by atoms with Crippen molar-refractivity contribution in [2.45, 2.75) is 31.7 Å². The van der Waals surface area contributed by atoms with E-state index in [0.29, 0.717) is 41.8 Å². The molecule has 1 saturated carbocycles. The first kappa shape index (κ1) is 20.3. The van der Waals surface area contributed by atoms with Crippen LogP contribution in [0.2, 0.25) is 0 Å². The molecule has 1 aromatic carbocycles. The summed E-state index contributed by atoms with van der Waals surface area (Å²) in [7, 11) is 1.56. The number of benzene rings is 1. The number of amides is 1. The smallest absolute Gasteiger partial charge is 0.255 e. The number of methoxy groups -OCH3 is 1. The first-order valence-corrected chi connectivity index (χ1v) is 11.0. The molecule has 0 N–H and O–H groups in total. The maximum Gasteiger partial charge on any atom is 0.255 e. The van der Waals surface area contributed by atoms with Crippen LogP contribution >= 0.6 is 0 Å². The van der Waals surface area contributed by atoms with Crippen molar-refractivity contribution in [3.05, 3.63) is 47.9 Å². The van der Waals surface area contributed by atoms with Crippen LogP contribution in [-0.4, -0.2) is 52.1 Å². The number of pyridine rings is 1. The molecular weight excluding hydrogens is 406 g/mol. The van der Waals surface area contributed by atoms with Gasteiger partial charge in [-0.3, -0.25) is 4.79 Å². The molecule has 2 aliphatic rings. The minimum atomic E-state index is -0.0129. The van der Waals surface area contributed by atoms with Gasteiger partial charge in [0.1, 0.15) is 5.52 Å². The van der Waals surface area contributed by atoms with E-state index in [1.807, 2.05) is 17.3 Å². The predicted octanol–water partition coefficient (Wildman–Crippen LogP) is 3.58. The zero-order valence-corrected chi connectivity index (χ0v) is 18.0. The van der Waals surface area contributed by atoms with Gasteiger partial charge < -0.3 is 18.9 Å². The van der Waals surface area contributed by atoms with Crippen LogP contribution in [0.15, 0.2) is 36.8 Å². The zero-order chi connectivity index (χ0) is 22.1. The molecule has 5 rings (SSSR count). The van der Waals surface area contributed by atoms with Crippen LogP contribution in [0, 0.1) is 17.2 Å². The van der Waals surface area contributed by atoms with Crippen LogP contribution in [0.5, 0.6) is 11.5 Å². The summed E-state index contributed by atoms with van der Waals surface area (Å²) in [5, 5.41) is 9.05. The Morgan fingerprint density at radius 3 is 2.88 bits per heavy atom. The fraction of sp³-hybridized carbons (Fsp3) is 0.417. The lowest BCUT2D eigenvalue weighted by Gasteiger charge is -2.32. The predicted molar refractivity (Wildman–Crippen MR) is 118 cm³/mol. The highest BCUT2D eigenvalue weighted by molar-refractivity contribution is 5.96. The van der Waals surface area contributed by atoms with Crippen molar-refractivity contribution < 1.29 is 14.3 Å². The van der Waals surface area contributed by atoms with E-state index in [2.05, 4.69) is 20.6 Å². The van der Waals surface area contributed by atoms with Crippen molar-refractivity contribution in [1.82, 2.24) is 19.4 Å². The fourth-order valence-electron chi connectivity index (χ4n) is 4.29. The number of nitriles is 1. The number of aromatic nitrogens is 3. The van der Waals surface area contributed by atoms with E-state index >= 15 is 0 Å². The van der Waals surface area contributed by atoms with Gasteiger partial charge in [-0.25, -0.2) is 9.97 Å². The second kappa shape index (κ2) is 8.50. The summed E-state index contributed by atoms with van der Waals surface area (Å²) >= 11 is 0. The van der Waals surface area contributed by atoms with Crippen LogP contribution in [0.4, 0.5) is 0 Å². The second-order valence-electron chi connectivity index (χ2n) is 8.50. The minimum Gasteiger partial charge on any atom is -0.493 e. The third-order valence-electron chi connectivity index (χ3n) is 6.17. The van der Waals surface area contributed by atoms with Gasteiger partial charge in [0, 0.05) is 37.3 Å². The number of hydrogen-bond acceptors (Lipinski definition) is 6. The average molecular weight is 431 g/mol. The van der Waals surface area contributed by atoms with Gasteiger partial charge in [-0.15, -0.1) is 0 Å². The van der Waals surface area contributed by atoms with E-state index in [1.54, 1.807) is 31.5 Å². The molecule has 3 heterocycles. The van der Waals surface area contributed by atoms with Crippen molar-refractivity contribution in [2.24, 2.45) is 5.92 Å². The topological polar surface area (TPSA) is 93.3 Å². The molecule has 1 aliphatic heterocycles. The van der Waals surface area contributed by atoms with Gasteiger partial charge in [-0.1, -0.05) is 0 Å². The van der Waals surface area contributed by atoms with E-state index < -0.39 is 0 Å². The molecule has 1 amide bonds. The number of likely N-dealkylation sites (tertiary alicyclic amines) is 1. The number of hydrogen-bond donors (Lipinski definition) is 0. The summed E-state index contributed by atoms with van der Waals surface area (Å²) in [5.41, 5.74) is 2.72. The first-order valence-electron chi connectivity index (χ1n) is 11.0. The zero-order valence-electron chi connectivity index (χ0n) is 18.0. The van der Waals surface area contributed by atoms with Gasteiger partial charge in [0.2, 0.25) is 0 Å². The summed E-state index contributed by atoms with van der Waals surface area (Å²) < 4.78 is 13.4. The fourth-order valence-corrected chi connectivity index (χ4v) is 4.29. The van der Waals surface area contributed by atoms with Gasteiger partial charge in [0.15, 0.2) is 17.1 Å². The Morgan fingerprint density at radius 1 is 1.22 bits per heavy atom. The molecule has 0 bridgehead atoms. The van der Waals surface area contributed by atoms with Gasteiger partial charge in [-0.2, -0.15) is 5.26 Å². The molecule has 2 fully saturated rings. The molecule has 164 valence electrons. The molecule has 0 radical (unpaired) electrons. The molecule has 0 spiro atoms. The monoisotopic (exact) mass is 431 g/mol. The van der Waals surface area contributed by atoms with Crippen LogP contribution in [0.3, 0.4) is 0 Å². The van der Waals surface area contributed by atoms with Gasteiger partial charge in [0.25, 0.3) is 5.91 Å². The number of ether oxygens (including phenoxy) is 2. The lowest BCUT2D eigenvalue weighted by Crippen LogP contribution is -2.41. The molecule has 1 saturated heterocycles. The number of piperidine rings is 1. The number of imidazole rings is 1. The van der Waals surface area contributed by atoms with Crippen molar-refractivity contribution in [2.75, 3.05) is 26.8 Å². The largest absolute Gasteiger partial charge is 0.493 e. The minimum absolute atomic E-state index is 0.0129. The van der Waals surface area contributed by atoms with Gasteiger partial charge in [0.05, 0.1) is 37.2 Å². The Labute approximate surface area is 186 Å². The quantitative estimate of drug-likeness (QED) is 0.592. The standard InChI is InChI=1S/C24H25N5O3/c1-31-22-9-16(11-25)4-7-21(22)32-14-17-3-2-8-28(13-17)24(30)18-10-20-23(26-12-18)29(15-27-20)19-5-6-19/h4,7,9-10,12,15,17,19H,2-3,5-6,8,13-14H2,1H3. The summed E-state index contributed by atoms with van der Waals surface area (Å²) in [4.78, 5) is 24.0. The highest BCUT2D eigenvalue weighted by atomic mass is 16.5. The summed E-state index contributed by atoms with van der Waals surface area (Å²) in [6.45, 7) is 1.84. The molecule has 1 aliphatic carbocycles. The maximum atomic E-state index is 13.1. The van der Waals surface area contributed by atoms with Crippen molar-refractivity contribution in [3.63, 3.8) is 0 Å². The Hall–Kier alpha value is -3.60. The van der Waals surface area contributed by atoms with Crippen molar-refractivity contribution in [3.8, 4) is 17.6 Å². The van der Waals surface area contributed by atoms with Gasteiger partial charge in [-0.05, 0) is 43.9 Å². The molecule has 8 nitrogen and oxygen atoms in total. The summed E-state index contributed by atoms with van der Waals surface area (Å²) in [6.07, 6.45) is 7.75. The second-order valence-corrected chi connectivity index (χ2v) is 8.50. The van der Waals surface area contributed by atoms with E-state index in [0.717, 1.165) is 30.6 Å². The maximum absolute atomic E-state index is 13.1. The third kappa shape index (κ3) is 3.98. The Morgan fingerprint density at radius 2 is 2.09 bits per heavy atom.